The van der Waals surface area contributed by atoms with Crippen LogP contribution in [-0.4, -0.2) is 35.4 Å². The van der Waals surface area contributed by atoms with Crippen LogP contribution in [0.2, 0.25) is 0 Å². The lowest BCUT2D eigenvalue weighted by molar-refractivity contribution is -0.140. The van der Waals surface area contributed by atoms with Gasteiger partial charge in [-0.2, -0.15) is 0 Å². The van der Waals surface area contributed by atoms with E-state index in [0.717, 1.165) is 11.3 Å². The molecule has 0 aliphatic rings. The fourth-order valence-electron chi connectivity index (χ4n) is 2.23. The van der Waals surface area contributed by atoms with Crippen molar-refractivity contribution in [3.8, 4) is 0 Å². The maximum absolute atomic E-state index is 12.7. The Hall–Kier alpha value is -2.69. The Morgan fingerprint density at radius 3 is 2.65 bits per heavy atom. The number of rotatable bonds is 6. The van der Waals surface area contributed by atoms with Crippen LogP contribution < -0.4 is 0 Å². The van der Waals surface area contributed by atoms with Gasteiger partial charge >= 0.3 is 5.97 Å². The zero-order chi connectivity index (χ0) is 16.7. The van der Waals surface area contributed by atoms with E-state index >= 15 is 0 Å². The molecule has 0 saturated heterocycles. The molecule has 0 bridgehead atoms. The van der Waals surface area contributed by atoms with E-state index in [1.165, 1.54) is 7.11 Å². The molecule has 0 spiro atoms. The minimum atomic E-state index is -0.340. The van der Waals surface area contributed by atoms with Crippen LogP contribution in [0, 0.1) is 6.92 Å². The quantitative estimate of drug-likeness (QED) is 0.769. The van der Waals surface area contributed by atoms with Gasteiger partial charge < -0.3 is 9.64 Å². The van der Waals surface area contributed by atoms with Gasteiger partial charge in [0.2, 0.25) is 0 Å². The summed E-state index contributed by atoms with van der Waals surface area (Å²) in [7, 11) is 1.34. The van der Waals surface area contributed by atoms with Crippen molar-refractivity contribution < 1.29 is 14.3 Å². The second kappa shape index (κ2) is 8.08. The number of nitrogens with zero attached hydrogens (tertiary/aromatic N) is 2. The topological polar surface area (TPSA) is 59.5 Å². The van der Waals surface area contributed by atoms with Crippen molar-refractivity contribution in [1.82, 2.24) is 9.88 Å². The summed E-state index contributed by atoms with van der Waals surface area (Å²) in [5.41, 5.74) is 2.39. The van der Waals surface area contributed by atoms with Gasteiger partial charge in [-0.05, 0) is 31.2 Å². The Labute approximate surface area is 135 Å². The number of ether oxygens (including phenoxy) is 1. The van der Waals surface area contributed by atoms with Crippen LogP contribution in [0.3, 0.4) is 0 Å². The molecule has 120 valence electrons. The first-order valence-corrected chi connectivity index (χ1v) is 7.43. The van der Waals surface area contributed by atoms with E-state index in [-0.39, 0.29) is 24.8 Å². The SMILES string of the molecule is COC(=O)CCN(Cc1ccccn1)C(=O)c1cccc(C)c1. The molecule has 0 unspecified atom stereocenters. The lowest BCUT2D eigenvalue weighted by Crippen LogP contribution is -2.33. The average molecular weight is 312 g/mol. The van der Waals surface area contributed by atoms with Crippen molar-refractivity contribution >= 4 is 11.9 Å². The molecule has 0 atom stereocenters. The number of carbonyl (C=O) groups excluding carboxylic acids is 2. The molecule has 0 aliphatic heterocycles. The van der Waals surface area contributed by atoms with Crippen LogP contribution in [0.1, 0.15) is 28.0 Å². The molecule has 0 saturated carbocycles. The minimum absolute atomic E-state index is 0.122. The van der Waals surface area contributed by atoms with Crippen LogP contribution in [0.5, 0.6) is 0 Å². The maximum atomic E-state index is 12.7. The first-order chi connectivity index (χ1) is 11.1. The summed E-state index contributed by atoms with van der Waals surface area (Å²) in [4.78, 5) is 30.0. The van der Waals surface area contributed by atoms with Gasteiger partial charge in [0, 0.05) is 18.3 Å². The second-order valence-corrected chi connectivity index (χ2v) is 5.24. The van der Waals surface area contributed by atoms with Crippen molar-refractivity contribution in [1.29, 1.82) is 0 Å². The molecule has 5 nitrogen and oxygen atoms in total. The molecule has 23 heavy (non-hydrogen) atoms. The summed E-state index contributed by atoms with van der Waals surface area (Å²) < 4.78 is 4.66. The highest BCUT2D eigenvalue weighted by molar-refractivity contribution is 5.94. The van der Waals surface area contributed by atoms with Crippen molar-refractivity contribution in [3.63, 3.8) is 0 Å². The Balaban J connectivity index is 2.17. The van der Waals surface area contributed by atoms with Crippen LogP contribution in [0.4, 0.5) is 0 Å². The highest BCUT2D eigenvalue weighted by atomic mass is 16.5. The van der Waals surface area contributed by atoms with E-state index in [0.29, 0.717) is 12.1 Å². The Morgan fingerprint density at radius 2 is 2.00 bits per heavy atom. The first kappa shape index (κ1) is 16.7. The third-order valence-electron chi connectivity index (χ3n) is 3.44. The highest BCUT2D eigenvalue weighted by Crippen LogP contribution is 2.11. The summed E-state index contributed by atoms with van der Waals surface area (Å²) >= 11 is 0. The fraction of sp³-hybridized carbons (Fsp3) is 0.278. The number of methoxy groups -OCH3 is 1. The molecule has 5 heteroatoms. The normalized spacial score (nSPS) is 10.2. The van der Waals surface area contributed by atoms with Crippen LogP contribution in [0.25, 0.3) is 0 Å². The van der Waals surface area contributed by atoms with Gasteiger partial charge in [-0.3, -0.25) is 14.6 Å². The summed E-state index contributed by atoms with van der Waals surface area (Å²) in [6, 6.07) is 13.0. The number of benzene rings is 1. The number of pyridine rings is 1. The van der Waals surface area contributed by atoms with Crippen molar-refractivity contribution in [2.45, 2.75) is 19.9 Å². The summed E-state index contributed by atoms with van der Waals surface area (Å²) in [6.45, 7) is 2.58. The molecule has 1 aromatic carbocycles. The Kier molecular flexibility index (Phi) is 5.86. The number of hydrogen-bond donors (Lipinski definition) is 0. The number of aryl methyl sites for hydroxylation is 1. The van der Waals surface area contributed by atoms with E-state index in [1.54, 1.807) is 17.2 Å². The number of esters is 1. The van der Waals surface area contributed by atoms with E-state index in [4.69, 9.17) is 0 Å². The second-order valence-electron chi connectivity index (χ2n) is 5.24. The van der Waals surface area contributed by atoms with E-state index < -0.39 is 0 Å². The highest BCUT2D eigenvalue weighted by Gasteiger charge is 2.18. The van der Waals surface area contributed by atoms with Gasteiger partial charge in [0.25, 0.3) is 5.91 Å². The lowest BCUT2D eigenvalue weighted by atomic mass is 10.1. The van der Waals surface area contributed by atoms with Gasteiger partial charge in [0.05, 0.1) is 25.8 Å². The largest absolute Gasteiger partial charge is 0.469 e. The fourth-order valence-corrected chi connectivity index (χ4v) is 2.23. The van der Waals surface area contributed by atoms with Gasteiger partial charge in [-0.25, -0.2) is 0 Å². The Morgan fingerprint density at radius 1 is 1.17 bits per heavy atom. The molecule has 1 heterocycles. The Bertz CT molecular complexity index is 671. The minimum Gasteiger partial charge on any atom is -0.469 e. The number of aromatic nitrogens is 1. The van der Waals surface area contributed by atoms with Crippen molar-refractivity contribution in [2.24, 2.45) is 0 Å². The third kappa shape index (κ3) is 4.92. The van der Waals surface area contributed by atoms with Gasteiger partial charge in [-0.15, -0.1) is 0 Å². The molecule has 2 rings (SSSR count). The molecule has 0 N–H and O–H groups in total. The lowest BCUT2D eigenvalue weighted by Gasteiger charge is -2.22. The molecule has 1 aromatic heterocycles. The monoisotopic (exact) mass is 312 g/mol. The smallest absolute Gasteiger partial charge is 0.307 e. The van der Waals surface area contributed by atoms with Crippen LogP contribution in [-0.2, 0) is 16.1 Å². The molecule has 0 radical (unpaired) electrons. The van der Waals surface area contributed by atoms with Crippen LogP contribution >= 0.6 is 0 Å². The standard InChI is InChI=1S/C18H20N2O3/c1-14-6-5-7-15(12-14)18(22)20(11-9-17(21)23-2)13-16-8-3-4-10-19-16/h3-8,10,12H,9,11,13H2,1-2H3. The zero-order valence-electron chi connectivity index (χ0n) is 13.4. The average Bonchev–Trinajstić information content (AvgIpc) is 2.58. The molecular formula is C18H20N2O3. The van der Waals surface area contributed by atoms with E-state index in [2.05, 4.69) is 9.72 Å². The van der Waals surface area contributed by atoms with Crippen molar-refractivity contribution in [2.75, 3.05) is 13.7 Å². The first-order valence-electron chi connectivity index (χ1n) is 7.43. The zero-order valence-corrected chi connectivity index (χ0v) is 13.4. The van der Waals surface area contributed by atoms with Crippen LogP contribution in [0.15, 0.2) is 48.7 Å². The molecule has 0 fully saturated rings. The van der Waals surface area contributed by atoms with E-state index in [9.17, 15) is 9.59 Å². The van der Waals surface area contributed by atoms with Gasteiger partial charge in [-0.1, -0.05) is 23.8 Å². The molecular weight excluding hydrogens is 292 g/mol. The molecule has 0 aliphatic carbocycles. The number of amides is 1. The van der Waals surface area contributed by atoms with Crippen molar-refractivity contribution in [3.05, 3.63) is 65.5 Å². The molecule has 2 aromatic rings. The number of carbonyl (C=O) groups is 2. The van der Waals surface area contributed by atoms with Gasteiger partial charge in [0.1, 0.15) is 0 Å². The van der Waals surface area contributed by atoms with E-state index in [1.807, 2.05) is 43.3 Å². The van der Waals surface area contributed by atoms with Gasteiger partial charge in [0.15, 0.2) is 0 Å². The maximum Gasteiger partial charge on any atom is 0.307 e. The predicted molar refractivity (Wildman–Crippen MR) is 86.8 cm³/mol. The summed E-state index contributed by atoms with van der Waals surface area (Å²) in [5, 5.41) is 0. The summed E-state index contributed by atoms with van der Waals surface area (Å²) in [5.74, 6) is -0.462. The predicted octanol–water partition coefficient (Wildman–Crippen LogP) is 2.60. The molecule has 1 amide bonds. The number of hydrogen-bond acceptors (Lipinski definition) is 4. The summed E-state index contributed by atoms with van der Waals surface area (Å²) in [6.07, 6.45) is 1.84. The third-order valence-corrected chi connectivity index (χ3v) is 3.44.